The van der Waals surface area contributed by atoms with Crippen molar-refractivity contribution in [2.45, 2.75) is 64.8 Å². The fourth-order valence-electron chi connectivity index (χ4n) is 3.27. The van der Waals surface area contributed by atoms with Crippen LogP contribution in [-0.2, 0) is 10.2 Å². The van der Waals surface area contributed by atoms with Gasteiger partial charge in [0, 0.05) is 12.0 Å². The minimum Gasteiger partial charge on any atom is -0.354 e. The van der Waals surface area contributed by atoms with Crippen molar-refractivity contribution in [1.82, 2.24) is 10.2 Å². The lowest BCUT2D eigenvalue weighted by molar-refractivity contribution is -0.126. The molecule has 1 unspecified atom stereocenters. The molecule has 1 amide bonds. The van der Waals surface area contributed by atoms with Gasteiger partial charge in [0.25, 0.3) is 0 Å². The maximum Gasteiger partial charge on any atom is 0.237 e. The van der Waals surface area contributed by atoms with Crippen molar-refractivity contribution in [1.29, 1.82) is 0 Å². The molecule has 1 atom stereocenters. The molecule has 2 rings (SSSR count). The first-order valence-corrected chi connectivity index (χ1v) is 8.99. The van der Waals surface area contributed by atoms with E-state index in [2.05, 4.69) is 55.3 Å². The molecule has 1 aliphatic rings. The lowest BCUT2D eigenvalue weighted by atomic mass is 9.84. The normalized spacial score (nSPS) is 18.3. The van der Waals surface area contributed by atoms with Crippen LogP contribution in [0.25, 0.3) is 0 Å². The van der Waals surface area contributed by atoms with Gasteiger partial charge in [0.2, 0.25) is 5.91 Å². The van der Waals surface area contributed by atoms with Crippen LogP contribution in [0, 0.1) is 6.92 Å². The van der Waals surface area contributed by atoms with Gasteiger partial charge in [-0.15, -0.1) is 0 Å². The molecule has 128 valence electrons. The van der Waals surface area contributed by atoms with E-state index in [4.69, 9.17) is 0 Å². The number of carbonyl (C=O) groups is 1. The van der Waals surface area contributed by atoms with Crippen LogP contribution in [0.1, 0.15) is 57.6 Å². The fourth-order valence-corrected chi connectivity index (χ4v) is 3.27. The van der Waals surface area contributed by atoms with Gasteiger partial charge in [-0.3, -0.25) is 9.69 Å². The monoisotopic (exact) mass is 316 g/mol. The number of nitrogens with one attached hydrogen (secondary N) is 1. The second-order valence-corrected chi connectivity index (χ2v) is 7.60. The lowest BCUT2D eigenvalue weighted by Gasteiger charge is -2.30. The molecular formula is C20H32N2O. The van der Waals surface area contributed by atoms with Crippen LogP contribution in [0.5, 0.6) is 0 Å². The van der Waals surface area contributed by atoms with E-state index < -0.39 is 0 Å². The van der Waals surface area contributed by atoms with Crippen molar-refractivity contribution in [3.8, 4) is 0 Å². The summed E-state index contributed by atoms with van der Waals surface area (Å²) in [5, 5.41) is 3.18. The topological polar surface area (TPSA) is 32.3 Å². The molecule has 0 radical (unpaired) electrons. The summed E-state index contributed by atoms with van der Waals surface area (Å²) in [6.45, 7) is 11.3. The van der Waals surface area contributed by atoms with Crippen molar-refractivity contribution >= 4 is 5.91 Å². The molecule has 1 heterocycles. The Morgan fingerprint density at radius 2 is 1.87 bits per heavy atom. The lowest BCUT2D eigenvalue weighted by Crippen LogP contribution is -2.48. The zero-order chi connectivity index (χ0) is 16.9. The maximum absolute atomic E-state index is 12.5. The Bertz CT molecular complexity index is 516. The van der Waals surface area contributed by atoms with Crippen LogP contribution in [0.15, 0.2) is 24.3 Å². The Labute approximate surface area is 141 Å². The number of carbonyl (C=O) groups excluding carboxylic acids is 1. The second-order valence-electron chi connectivity index (χ2n) is 7.60. The van der Waals surface area contributed by atoms with Crippen molar-refractivity contribution in [2.75, 3.05) is 19.6 Å². The summed E-state index contributed by atoms with van der Waals surface area (Å²) in [7, 11) is 0. The van der Waals surface area contributed by atoms with E-state index in [1.165, 1.54) is 36.8 Å². The van der Waals surface area contributed by atoms with E-state index >= 15 is 0 Å². The van der Waals surface area contributed by atoms with E-state index in [-0.39, 0.29) is 17.4 Å². The number of aryl methyl sites for hydroxylation is 1. The number of rotatable bonds is 5. The molecule has 1 N–H and O–H groups in total. The van der Waals surface area contributed by atoms with Gasteiger partial charge in [-0.25, -0.2) is 0 Å². The van der Waals surface area contributed by atoms with Crippen molar-refractivity contribution in [3.63, 3.8) is 0 Å². The molecule has 3 nitrogen and oxygen atoms in total. The molecule has 1 aromatic carbocycles. The third-order valence-electron chi connectivity index (χ3n) is 5.07. The maximum atomic E-state index is 12.5. The Morgan fingerprint density at radius 1 is 1.22 bits per heavy atom. The molecule has 0 bridgehead atoms. The number of likely N-dealkylation sites (tertiary alicyclic amines) is 1. The van der Waals surface area contributed by atoms with Crippen LogP contribution in [0.2, 0.25) is 0 Å². The highest BCUT2D eigenvalue weighted by Gasteiger charge is 2.25. The Kier molecular flexibility index (Phi) is 6.23. The minimum absolute atomic E-state index is 0.0265. The van der Waals surface area contributed by atoms with Gasteiger partial charge in [-0.1, -0.05) is 56.5 Å². The largest absolute Gasteiger partial charge is 0.354 e. The van der Waals surface area contributed by atoms with E-state index in [1.54, 1.807) is 0 Å². The third-order valence-corrected chi connectivity index (χ3v) is 5.07. The highest BCUT2D eigenvalue weighted by atomic mass is 16.2. The minimum atomic E-state index is -0.0554. The highest BCUT2D eigenvalue weighted by molar-refractivity contribution is 5.81. The van der Waals surface area contributed by atoms with Gasteiger partial charge in [-0.05, 0) is 45.3 Å². The second kappa shape index (κ2) is 7.96. The van der Waals surface area contributed by atoms with Crippen molar-refractivity contribution in [3.05, 3.63) is 35.4 Å². The summed E-state index contributed by atoms with van der Waals surface area (Å²) < 4.78 is 0. The summed E-state index contributed by atoms with van der Waals surface area (Å²) in [4.78, 5) is 14.9. The Balaban J connectivity index is 1.92. The SMILES string of the molecule is Cc1cccc(C(C)(C)CNC(=O)C(C)N2CCCCCC2)c1. The predicted molar refractivity (Wildman–Crippen MR) is 96.7 cm³/mol. The van der Waals surface area contributed by atoms with Crippen molar-refractivity contribution in [2.24, 2.45) is 0 Å². The smallest absolute Gasteiger partial charge is 0.237 e. The first kappa shape index (κ1) is 18.0. The molecule has 1 aromatic rings. The summed E-state index contributed by atoms with van der Waals surface area (Å²) in [5.74, 6) is 0.160. The fraction of sp³-hybridized carbons (Fsp3) is 0.650. The molecule has 1 fully saturated rings. The van der Waals surface area contributed by atoms with Gasteiger partial charge < -0.3 is 5.32 Å². The first-order chi connectivity index (χ1) is 10.9. The van der Waals surface area contributed by atoms with Crippen LogP contribution >= 0.6 is 0 Å². The quantitative estimate of drug-likeness (QED) is 0.899. The molecule has 1 saturated heterocycles. The molecular weight excluding hydrogens is 284 g/mol. The zero-order valence-corrected chi connectivity index (χ0v) is 15.2. The van der Waals surface area contributed by atoms with Crippen LogP contribution in [-0.4, -0.2) is 36.5 Å². The molecule has 0 saturated carbocycles. The molecule has 23 heavy (non-hydrogen) atoms. The number of hydrogen-bond acceptors (Lipinski definition) is 2. The van der Waals surface area contributed by atoms with Crippen LogP contribution in [0.3, 0.4) is 0 Å². The summed E-state index contributed by atoms with van der Waals surface area (Å²) in [5.41, 5.74) is 2.49. The Hall–Kier alpha value is -1.35. The summed E-state index contributed by atoms with van der Waals surface area (Å²) >= 11 is 0. The standard InChI is InChI=1S/C20H32N2O/c1-16-10-9-11-18(14-16)20(3,4)15-21-19(23)17(2)22-12-7-5-6-8-13-22/h9-11,14,17H,5-8,12-13,15H2,1-4H3,(H,21,23). The summed E-state index contributed by atoms with van der Waals surface area (Å²) in [6, 6.07) is 8.54. The van der Waals surface area contributed by atoms with E-state index in [1.807, 2.05) is 6.92 Å². The van der Waals surface area contributed by atoms with Gasteiger partial charge in [0.05, 0.1) is 6.04 Å². The van der Waals surface area contributed by atoms with Gasteiger partial charge in [0.1, 0.15) is 0 Å². The molecule has 1 aliphatic heterocycles. The van der Waals surface area contributed by atoms with Gasteiger partial charge in [0.15, 0.2) is 0 Å². The van der Waals surface area contributed by atoms with E-state index in [0.717, 1.165) is 13.1 Å². The van der Waals surface area contributed by atoms with Gasteiger partial charge >= 0.3 is 0 Å². The van der Waals surface area contributed by atoms with Crippen LogP contribution in [0.4, 0.5) is 0 Å². The average Bonchev–Trinajstić information content (AvgIpc) is 2.81. The predicted octanol–water partition coefficient (Wildman–Crippen LogP) is 3.65. The molecule has 3 heteroatoms. The molecule has 0 aliphatic carbocycles. The molecule has 0 spiro atoms. The highest BCUT2D eigenvalue weighted by Crippen LogP contribution is 2.23. The number of hydrogen-bond donors (Lipinski definition) is 1. The van der Waals surface area contributed by atoms with Crippen molar-refractivity contribution < 1.29 is 4.79 Å². The number of nitrogens with zero attached hydrogens (tertiary/aromatic N) is 1. The summed E-state index contributed by atoms with van der Waals surface area (Å²) in [6.07, 6.45) is 5.02. The van der Waals surface area contributed by atoms with E-state index in [9.17, 15) is 4.79 Å². The molecule has 0 aromatic heterocycles. The first-order valence-electron chi connectivity index (χ1n) is 8.99. The Morgan fingerprint density at radius 3 is 2.48 bits per heavy atom. The third kappa shape index (κ3) is 5.07. The number of amides is 1. The van der Waals surface area contributed by atoms with E-state index in [0.29, 0.717) is 6.54 Å². The average molecular weight is 316 g/mol. The number of benzene rings is 1. The zero-order valence-electron chi connectivity index (χ0n) is 15.2. The van der Waals surface area contributed by atoms with Crippen LogP contribution < -0.4 is 5.32 Å². The van der Waals surface area contributed by atoms with Gasteiger partial charge in [-0.2, -0.15) is 0 Å².